The Morgan fingerprint density at radius 1 is 1.25 bits per heavy atom. The zero-order valence-corrected chi connectivity index (χ0v) is 15.8. The van der Waals surface area contributed by atoms with E-state index in [-0.39, 0.29) is 35.1 Å². The number of aromatic hydroxyl groups is 1. The molecule has 28 heavy (non-hydrogen) atoms. The van der Waals surface area contributed by atoms with E-state index in [1.165, 1.54) is 23.0 Å². The van der Waals surface area contributed by atoms with E-state index in [4.69, 9.17) is 0 Å². The lowest BCUT2D eigenvalue weighted by atomic mass is 10.0. The fourth-order valence-corrected chi connectivity index (χ4v) is 4.10. The molecular weight excluding hydrogens is 363 g/mol. The number of rotatable bonds is 3. The molecule has 2 saturated heterocycles. The van der Waals surface area contributed by atoms with E-state index in [0.717, 1.165) is 25.8 Å². The molecule has 1 N–H and O–H groups in total. The summed E-state index contributed by atoms with van der Waals surface area (Å²) in [5.41, 5.74) is 1.24. The van der Waals surface area contributed by atoms with Crippen LogP contribution in [-0.2, 0) is 4.79 Å². The molecule has 0 atom stereocenters. The van der Waals surface area contributed by atoms with Crippen LogP contribution >= 0.6 is 0 Å². The normalized spacial score (nSPS) is 18.1. The number of carbonyl (C=O) groups excluding carboxylic acids is 2. The minimum absolute atomic E-state index is 0.0144. The van der Waals surface area contributed by atoms with Crippen molar-refractivity contribution in [2.45, 2.75) is 38.6 Å². The molecule has 2 aliphatic rings. The van der Waals surface area contributed by atoms with Gasteiger partial charge < -0.3 is 14.9 Å². The number of amides is 2. The Hall–Kier alpha value is -2.90. The van der Waals surface area contributed by atoms with Crippen molar-refractivity contribution in [2.24, 2.45) is 0 Å². The minimum Gasteiger partial charge on any atom is -0.504 e. The van der Waals surface area contributed by atoms with Gasteiger partial charge >= 0.3 is 0 Å². The summed E-state index contributed by atoms with van der Waals surface area (Å²) in [6.45, 7) is 3.59. The Morgan fingerprint density at radius 3 is 2.64 bits per heavy atom. The largest absolute Gasteiger partial charge is 0.504 e. The van der Waals surface area contributed by atoms with Gasteiger partial charge in [0.1, 0.15) is 5.82 Å². The molecular formula is C20H23FN4O3. The van der Waals surface area contributed by atoms with Crippen molar-refractivity contribution < 1.29 is 19.1 Å². The lowest BCUT2D eigenvalue weighted by Crippen LogP contribution is -2.47. The maximum absolute atomic E-state index is 13.3. The summed E-state index contributed by atoms with van der Waals surface area (Å²) < 4.78 is 14.7. The second kappa shape index (κ2) is 7.26. The molecule has 0 bridgehead atoms. The zero-order chi connectivity index (χ0) is 19.8. The van der Waals surface area contributed by atoms with E-state index < -0.39 is 0 Å². The summed E-state index contributed by atoms with van der Waals surface area (Å²) >= 11 is 0. The topological polar surface area (TPSA) is 78.7 Å². The van der Waals surface area contributed by atoms with Gasteiger partial charge in [-0.3, -0.25) is 9.59 Å². The molecule has 2 fully saturated rings. The number of aryl methyl sites for hydroxylation is 1. The molecule has 1 aromatic carbocycles. The number of carbonyl (C=O) groups is 2. The third-order valence-corrected chi connectivity index (χ3v) is 5.61. The minimum atomic E-state index is -0.353. The van der Waals surface area contributed by atoms with Gasteiger partial charge in [0.05, 0.1) is 11.9 Å². The van der Waals surface area contributed by atoms with Crippen molar-refractivity contribution in [3.05, 3.63) is 41.5 Å². The summed E-state index contributed by atoms with van der Waals surface area (Å²) in [4.78, 5) is 28.4. The maximum atomic E-state index is 13.3. The van der Waals surface area contributed by atoms with Crippen molar-refractivity contribution in [2.75, 3.05) is 19.6 Å². The van der Waals surface area contributed by atoms with Crippen LogP contribution in [0.15, 0.2) is 24.4 Å². The molecule has 1 aromatic heterocycles. The fourth-order valence-electron chi connectivity index (χ4n) is 4.10. The van der Waals surface area contributed by atoms with Crippen molar-refractivity contribution in [1.29, 1.82) is 0 Å². The lowest BCUT2D eigenvalue weighted by Gasteiger charge is -2.36. The molecule has 0 aliphatic carbocycles. The molecule has 0 unspecified atom stereocenters. The van der Waals surface area contributed by atoms with Crippen LogP contribution in [0.1, 0.15) is 41.7 Å². The molecule has 0 spiro atoms. The Labute approximate surface area is 162 Å². The van der Waals surface area contributed by atoms with Crippen molar-refractivity contribution >= 4 is 11.8 Å². The molecule has 2 aliphatic heterocycles. The first kappa shape index (κ1) is 18.5. The molecule has 0 saturated carbocycles. The van der Waals surface area contributed by atoms with E-state index in [0.29, 0.717) is 30.8 Å². The van der Waals surface area contributed by atoms with Gasteiger partial charge in [0.2, 0.25) is 5.91 Å². The third kappa shape index (κ3) is 3.34. The van der Waals surface area contributed by atoms with E-state index in [1.807, 2.05) is 4.90 Å². The summed E-state index contributed by atoms with van der Waals surface area (Å²) in [6, 6.07) is 4.43. The van der Waals surface area contributed by atoms with Crippen LogP contribution < -0.4 is 0 Å². The van der Waals surface area contributed by atoms with Gasteiger partial charge in [-0.25, -0.2) is 9.07 Å². The SMILES string of the molecule is Cc1cc(F)ccc1-n1cc(O)c(C(=O)N2CCC(N3CCCC3=O)CC2)n1. The highest BCUT2D eigenvalue weighted by atomic mass is 19.1. The summed E-state index contributed by atoms with van der Waals surface area (Å²) in [7, 11) is 0. The number of hydrogen-bond donors (Lipinski definition) is 1. The fraction of sp³-hybridized carbons (Fsp3) is 0.450. The van der Waals surface area contributed by atoms with Crippen LogP contribution in [0.5, 0.6) is 5.75 Å². The van der Waals surface area contributed by atoms with Crippen LogP contribution in [0.3, 0.4) is 0 Å². The van der Waals surface area contributed by atoms with Gasteiger partial charge in [-0.1, -0.05) is 0 Å². The number of likely N-dealkylation sites (tertiary alicyclic amines) is 2. The molecule has 2 aromatic rings. The predicted molar refractivity (Wildman–Crippen MR) is 99.8 cm³/mol. The smallest absolute Gasteiger partial charge is 0.278 e. The predicted octanol–water partition coefficient (Wildman–Crippen LogP) is 2.25. The van der Waals surface area contributed by atoms with Gasteiger partial charge in [-0.2, -0.15) is 5.10 Å². The molecule has 8 heteroatoms. The van der Waals surface area contributed by atoms with Crippen molar-refractivity contribution in [1.82, 2.24) is 19.6 Å². The van der Waals surface area contributed by atoms with E-state index in [2.05, 4.69) is 5.10 Å². The Bertz CT molecular complexity index is 918. The Morgan fingerprint density at radius 2 is 2.00 bits per heavy atom. The van der Waals surface area contributed by atoms with E-state index in [1.54, 1.807) is 17.9 Å². The number of benzene rings is 1. The molecule has 0 radical (unpaired) electrons. The standard InChI is InChI=1S/C20H23FN4O3/c1-13-11-14(21)4-5-16(13)25-12-17(26)19(22-25)20(28)23-9-6-15(7-10-23)24-8-2-3-18(24)27/h4-5,11-12,15,26H,2-3,6-10H2,1H3. The van der Waals surface area contributed by atoms with Gasteiger partial charge in [0.15, 0.2) is 11.4 Å². The van der Waals surface area contributed by atoms with Crippen LogP contribution in [0.2, 0.25) is 0 Å². The first-order chi connectivity index (χ1) is 13.4. The number of piperidine rings is 1. The average molecular weight is 386 g/mol. The summed E-state index contributed by atoms with van der Waals surface area (Å²) in [6.07, 6.45) is 4.36. The quantitative estimate of drug-likeness (QED) is 0.878. The molecule has 7 nitrogen and oxygen atoms in total. The summed E-state index contributed by atoms with van der Waals surface area (Å²) in [5, 5.41) is 14.5. The van der Waals surface area contributed by atoms with Crippen LogP contribution in [-0.4, -0.2) is 62.2 Å². The van der Waals surface area contributed by atoms with Crippen LogP contribution in [0.25, 0.3) is 5.69 Å². The first-order valence-electron chi connectivity index (χ1n) is 9.58. The highest BCUT2D eigenvalue weighted by molar-refractivity contribution is 5.95. The Balaban J connectivity index is 1.47. The zero-order valence-electron chi connectivity index (χ0n) is 15.8. The summed E-state index contributed by atoms with van der Waals surface area (Å²) in [5.74, 6) is -0.683. The Kier molecular flexibility index (Phi) is 4.78. The highest BCUT2D eigenvalue weighted by Crippen LogP contribution is 2.26. The molecule has 148 valence electrons. The van der Waals surface area contributed by atoms with E-state index >= 15 is 0 Å². The molecule has 2 amide bonds. The third-order valence-electron chi connectivity index (χ3n) is 5.61. The van der Waals surface area contributed by atoms with E-state index in [9.17, 15) is 19.1 Å². The first-order valence-corrected chi connectivity index (χ1v) is 9.58. The second-order valence-electron chi connectivity index (χ2n) is 7.45. The maximum Gasteiger partial charge on any atom is 0.278 e. The number of halogens is 1. The number of aromatic nitrogens is 2. The average Bonchev–Trinajstić information content (AvgIpc) is 3.27. The van der Waals surface area contributed by atoms with Crippen LogP contribution in [0, 0.1) is 12.7 Å². The highest BCUT2D eigenvalue weighted by Gasteiger charge is 2.33. The van der Waals surface area contributed by atoms with Gasteiger partial charge in [-0.15, -0.1) is 0 Å². The number of nitrogens with zero attached hydrogens (tertiary/aromatic N) is 4. The van der Waals surface area contributed by atoms with Gasteiger partial charge in [-0.05, 0) is 49.9 Å². The van der Waals surface area contributed by atoms with Gasteiger partial charge in [0, 0.05) is 32.1 Å². The number of hydrogen-bond acceptors (Lipinski definition) is 4. The lowest BCUT2D eigenvalue weighted by molar-refractivity contribution is -0.130. The van der Waals surface area contributed by atoms with Crippen molar-refractivity contribution in [3.63, 3.8) is 0 Å². The van der Waals surface area contributed by atoms with Crippen molar-refractivity contribution in [3.8, 4) is 11.4 Å². The molecule has 4 rings (SSSR count). The van der Waals surface area contributed by atoms with Gasteiger partial charge in [0.25, 0.3) is 5.91 Å². The molecule has 3 heterocycles. The second-order valence-corrected chi connectivity index (χ2v) is 7.45. The monoisotopic (exact) mass is 386 g/mol. The van der Waals surface area contributed by atoms with Crippen LogP contribution in [0.4, 0.5) is 4.39 Å².